The van der Waals surface area contributed by atoms with E-state index in [1.807, 2.05) is 18.2 Å². The summed E-state index contributed by atoms with van der Waals surface area (Å²) in [7, 11) is 1.66. The molecule has 0 aliphatic carbocycles. The van der Waals surface area contributed by atoms with E-state index < -0.39 is 6.61 Å². The van der Waals surface area contributed by atoms with E-state index in [9.17, 15) is 8.78 Å². The van der Waals surface area contributed by atoms with Crippen LogP contribution in [0.5, 0.6) is 11.5 Å². The molecular weight excluding hydrogens is 440 g/mol. The second-order valence-electron chi connectivity index (χ2n) is 6.51. The predicted molar refractivity (Wildman–Crippen MR) is 119 cm³/mol. The van der Waals surface area contributed by atoms with Crippen molar-refractivity contribution in [3.8, 4) is 11.5 Å². The number of thioether (sulfide) groups is 2. The molecule has 4 rings (SSSR count). The van der Waals surface area contributed by atoms with E-state index >= 15 is 0 Å². The second-order valence-corrected chi connectivity index (χ2v) is 8.52. The summed E-state index contributed by atoms with van der Waals surface area (Å²) in [5.74, 6) is 2.44. The third kappa shape index (κ3) is 5.89. The summed E-state index contributed by atoms with van der Waals surface area (Å²) < 4.78 is 34.4. The quantitative estimate of drug-likeness (QED) is 0.303. The standard InChI is InChI=1S/C22H19F2N3O2S2/c1-28-16-4-2-14(3-5-16)12-30-18-8-9-25-15(10-18)13-31-22-26-19-7-6-17(29-21(23)24)11-20(19)27-22/h2-11,21H,12-13H2,1H3,(H,26,27). The molecule has 2 aromatic carbocycles. The van der Waals surface area contributed by atoms with Gasteiger partial charge in [0, 0.05) is 28.7 Å². The van der Waals surface area contributed by atoms with Gasteiger partial charge in [-0.3, -0.25) is 4.98 Å². The van der Waals surface area contributed by atoms with Gasteiger partial charge in [-0.1, -0.05) is 23.9 Å². The molecule has 0 saturated heterocycles. The lowest BCUT2D eigenvalue weighted by molar-refractivity contribution is -0.0497. The number of nitrogens with zero attached hydrogens (tertiary/aromatic N) is 2. The van der Waals surface area contributed by atoms with Crippen LogP contribution in [0.25, 0.3) is 11.0 Å². The molecule has 5 nitrogen and oxygen atoms in total. The van der Waals surface area contributed by atoms with Crippen LogP contribution in [0.2, 0.25) is 0 Å². The lowest BCUT2D eigenvalue weighted by Gasteiger charge is -2.05. The highest BCUT2D eigenvalue weighted by molar-refractivity contribution is 7.98. The number of imidazole rings is 1. The Hall–Kier alpha value is -2.78. The van der Waals surface area contributed by atoms with Crippen molar-refractivity contribution in [2.24, 2.45) is 0 Å². The van der Waals surface area contributed by atoms with Crippen molar-refractivity contribution in [2.45, 2.75) is 28.2 Å². The maximum atomic E-state index is 12.4. The van der Waals surface area contributed by atoms with Crippen molar-refractivity contribution in [1.29, 1.82) is 0 Å². The molecule has 0 unspecified atom stereocenters. The number of halogens is 2. The number of fused-ring (bicyclic) bond motifs is 1. The highest BCUT2D eigenvalue weighted by Crippen LogP contribution is 2.28. The highest BCUT2D eigenvalue weighted by Gasteiger charge is 2.09. The Balaban J connectivity index is 1.36. The van der Waals surface area contributed by atoms with E-state index in [4.69, 9.17) is 4.74 Å². The van der Waals surface area contributed by atoms with E-state index in [-0.39, 0.29) is 5.75 Å². The van der Waals surface area contributed by atoms with E-state index in [2.05, 4.69) is 37.9 Å². The average molecular weight is 460 g/mol. The minimum absolute atomic E-state index is 0.103. The number of nitrogens with one attached hydrogen (secondary N) is 1. The van der Waals surface area contributed by atoms with Crippen LogP contribution in [0.1, 0.15) is 11.3 Å². The lowest BCUT2D eigenvalue weighted by Crippen LogP contribution is -2.01. The summed E-state index contributed by atoms with van der Waals surface area (Å²) in [4.78, 5) is 13.2. The summed E-state index contributed by atoms with van der Waals surface area (Å²) in [6.45, 7) is -2.85. The van der Waals surface area contributed by atoms with Crippen molar-refractivity contribution >= 4 is 34.6 Å². The zero-order valence-electron chi connectivity index (χ0n) is 16.5. The first-order chi connectivity index (χ1) is 15.1. The first-order valence-electron chi connectivity index (χ1n) is 9.37. The van der Waals surface area contributed by atoms with Gasteiger partial charge in [0.2, 0.25) is 0 Å². The maximum absolute atomic E-state index is 12.4. The maximum Gasteiger partial charge on any atom is 0.387 e. The van der Waals surface area contributed by atoms with Crippen LogP contribution < -0.4 is 9.47 Å². The Kier molecular flexibility index (Phi) is 6.93. The highest BCUT2D eigenvalue weighted by atomic mass is 32.2. The molecule has 2 heterocycles. The molecule has 2 aromatic heterocycles. The third-order valence-corrected chi connectivity index (χ3v) is 6.34. The SMILES string of the molecule is COc1ccc(CSc2ccnc(CSc3nc4ccc(OC(F)F)cc4[nH]3)c2)cc1. The molecule has 0 amide bonds. The zero-order valence-corrected chi connectivity index (χ0v) is 18.2. The number of pyridine rings is 1. The zero-order chi connectivity index (χ0) is 21.6. The molecule has 31 heavy (non-hydrogen) atoms. The van der Waals surface area contributed by atoms with Crippen LogP contribution in [-0.2, 0) is 11.5 Å². The molecule has 0 aliphatic heterocycles. The Morgan fingerprint density at radius 2 is 1.77 bits per heavy atom. The van der Waals surface area contributed by atoms with E-state index in [1.165, 1.54) is 29.5 Å². The number of aromatic nitrogens is 3. The lowest BCUT2D eigenvalue weighted by atomic mass is 10.2. The van der Waals surface area contributed by atoms with Crippen LogP contribution in [0, 0.1) is 0 Å². The van der Waals surface area contributed by atoms with Gasteiger partial charge in [0.1, 0.15) is 11.5 Å². The Morgan fingerprint density at radius 1 is 0.968 bits per heavy atom. The molecule has 0 spiro atoms. The van der Waals surface area contributed by atoms with Gasteiger partial charge in [0.05, 0.1) is 23.8 Å². The third-order valence-electron chi connectivity index (χ3n) is 4.37. The molecule has 9 heteroatoms. The van der Waals surface area contributed by atoms with E-state index in [0.717, 1.165) is 22.1 Å². The van der Waals surface area contributed by atoms with Gasteiger partial charge >= 0.3 is 6.61 Å². The van der Waals surface area contributed by atoms with Crippen molar-refractivity contribution in [3.63, 3.8) is 0 Å². The van der Waals surface area contributed by atoms with Gasteiger partial charge in [-0.15, -0.1) is 11.8 Å². The van der Waals surface area contributed by atoms with Crippen molar-refractivity contribution in [3.05, 3.63) is 72.1 Å². The first kappa shape index (κ1) is 21.5. The summed E-state index contributed by atoms with van der Waals surface area (Å²) >= 11 is 3.25. The fourth-order valence-electron chi connectivity index (χ4n) is 2.87. The van der Waals surface area contributed by atoms with Crippen LogP contribution >= 0.6 is 23.5 Å². The number of methoxy groups -OCH3 is 1. The minimum atomic E-state index is -2.85. The predicted octanol–water partition coefficient (Wildman–Crippen LogP) is 6.15. The fourth-order valence-corrected chi connectivity index (χ4v) is 4.56. The molecule has 1 N–H and O–H groups in total. The number of hydrogen-bond acceptors (Lipinski definition) is 6. The molecule has 0 saturated carbocycles. The normalized spacial score (nSPS) is 11.2. The van der Waals surface area contributed by atoms with Gasteiger partial charge in [-0.05, 0) is 42.0 Å². The van der Waals surface area contributed by atoms with Crippen LogP contribution in [0.4, 0.5) is 8.78 Å². The Bertz CT molecular complexity index is 1150. The first-order valence-corrected chi connectivity index (χ1v) is 11.3. The number of H-pyrrole nitrogens is 1. The Labute approximate surface area is 186 Å². The molecule has 0 aliphatic rings. The molecule has 0 atom stereocenters. The summed E-state index contributed by atoms with van der Waals surface area (Å²) in [6.07, 6.45) is 1.80. The van der Waals surface area contributed by atoms with Gasteiger partial charge in [-0.2, -0.15) is 8.78 Å². The number of benzene rings is 2. The van der Waals surface area contributed by atoms with E-state index in [0.29, 0.717) is 21.9 Å². The Morgan fingerprint density at radius 3 is 2.55 bits per heavy atom. The summed E-state index contributed by atoms with van der Waals surface area (Å²) in [5, 5.41) is 0.697. The number of rotatable bonds is 9. The summed E-state index contributed by atoms with van der Waals surface area (Å²) in [5.41, 5.74) is 3.50. The van der Waals surface area contributed by atoms with Crippen LogP contribution in [-0.4, -0.2) is 28.7 Å². The van der Waals surface area contributed by atoms with Gasteiger partial charge in [-0.25, -0.2) is 4.98 Å². The van der Waals surface area contributed by atoms with Crippen molar-refractivity contribution < 1.29 is 18.3 Å². The fraction of sp³-hybridized carbons (Fsp3) is 0.182. The van der Waals surface area contributed by atoms with Gasteiger partial charge in [0.15, 0.2) is 5.16 Å². The van der Waals surface area contributed by atoms with Gasteiger partial charge < -0.3 is 14.5 Å². The molecule has 0 fully saturated rings. The molecule has 0 radical (unpaired) electrons. The number of alkyl halides is 2. The topological polar surface area (TPSA) is 60.0 Å². The van der Waals surface area contributed by atoms with E-state index in [1.54, 1.807) is 31.1 Å². The molecular formula is C22H19F2N3O2S2. The average Bonchev–Trinajstić information content (AvgIpc) is 3.19. The summed E-state index contributed by atoms with van der Waals surface area (Å²) in [6, 6.07) is 16.8. The minimum Gasteiger partial charge on any atom is -0.497 e. The number of aromatic amines is 1. The molecule has 4 aromatic rings. The van der Waals surface area contributed by atoms with Crippen LogP contribution in [0.15, 0.2) is 70.8 Å². The monoisotopic (exact) mass is 459 g/mol. The van der Waals surface area contributed by atoms with Crippen molar-refractivity contribution in [2.75, 3.05) is 7.11 Å². The van der Waals surface area contributed by atoms with Crippen molar-refractivity contribution in [1.82, 2.24) is 15.0 Å². The largest absolute Gasteiger partial charge is 0.497 e. The smallest absolute Gasteiger partial charge is 0.387 e. The second kappa shape index (κ2) is 10.0. The number of ether oxygens (including phenoxy) is 2. The molecule has 0 bridgehead atoms. The molecule has 160 valence electrons. The van der Waals surface area contributed by atoms with Gasteiger partial charge in [0.25, 0.3) is 0 Å². The number of hydrogen-bond donors (Lipinski definition) is 1. The van der Waals surface area contributed by atoms with Crippen LogP contribution in [0.3, 0.4) is 0 Å².